The second kappa shape index (κ2) is 4.10. The second-order valence-electron chi connectivity index (χ2n) is 4.59. The van der Waals surface area contributed by atoms with Crippen molar-refractivity contribution in [2.75, 3.05) is 0 Å². The first-order valence-electron chi connectivity index (χ1n) is 5.77. The van der Waals surface area contributed by atoms with Crippen LogP contribution in [0.25, 0.3) is 0 Å². The molecule has 1 nitrogen and oxygen atoms in total. The van der Waals surface area contributed by atoms with Gasteiger partial charge in [-0.15, -0.1) is 0 Å². The highest BCUT2D eigenvalue weighted by Crippen LogP contribution is 2.45. The lowest BCUT2D eigenvalue weighted by molar-refractivity contribution is 0.108. The molecule has 0 aromatic heterocycles. The molecule has 0 spiro atoms. The van der Waals surface area contributed by atoms with Gasteiger partial charge in [0.05, 0.1) is 0 Å². The fourth-order valence-electron chi connectivity index (χ4n) is 2.65. The smallest absolute Gasteiger partial charge is 0.219 e. The number of hydrogen-bond acceptors (Lipinski definition) is 2. The van der Waals surface area contributed by atoms with E-state index in [9.17, 15) is 4.79 Å². The Bertz CT molecular complexity index is 424. The van der Waals surface area contributed by atoms with E-state index in [1.165, 1.54) is 24.6 Å². The first kappa shape index (κ1) is 10.2. The molecule has 82 valence electrons. The summed E-state index contributed by atoms with van der Waals surface area (Å²) in [6.07, 6.45) is 7.06. The molecule has 2 bridgehead atoms. The summed E-state index contributed by atoms with van der Waals surface area (Å²) < 4.78 is 0. The number of carbonyl (C=O) groups is 1. The third kappa shape index (κ3) is 1.82. The summed E-state index contributed by atoms with van der Waals surface area (Å²) in [5.41, 5.74) is 0.833. The molecule has 16 heavy (non-hydrogen) atoms. The molecule has 0 saturated heterocycles. The highest BCUT2D eigenvalue weighted by molar-refractivity contribution is 8.14. The summed E-state index contributed by atoms with van der Waals surface area (Å²) in [7, 11) is 0. The maximum Gasteiger partial charge on any atom is 0.219 e. The Morgan fingerprint density at radius 1 is 1.12 bits per heavy atom. The molecular weight excluding hydrogens is 216 g/mol. The van der Waals surface area contributed by atoms with Crippen LogP contribution in [-0.4, -0.2) is 10.4 Å². The average Bonchev–Trinajstić information content (AvgIpc) is 2.92. The van der Waals surface area contributed by atoms with Crippen molar-refractivity contribution in [2.45, 2.75) is 18.1 Å². The zero-order valence-electron chi connectivity index (χ0n) is 9.00. The van der Waals surface area contributed by atoms with Crippen LogP contribution in [0.3, 0.4) is 0 Å². The van der Waals surface area contributed by atoms with Gasteiger partial charge in [0.1, 0.15) is 0 Å². The minimum atomic E-state index is 0.228. The van der Waals surface area contributed by atoms with Gasteiger partial charge in [0.25, 0.3) is 0 Å². The van der Waals surface area contributed by atoms with E-state index in [1.54, 1.807) is 0 Å². The van der Waals surface area contributed by atoms with Gasteiger partial charge in [0.15, 0.2) is 0 Å². The van der Waals surface area contributed by atoms with E-state index in [0.29, 0.717) is 11.2 Å². The molecule has 1 aromatic rings. The van der Waals surface area contributed by atoms with Gasteiger partial charge >= 0.3 is 0 Å². The Balaban J connectivity index is 1.68. The number of allylic oxidation sites excluding steroid dienone is 2. The molecule has 0 aliphatic heterocycles. The fraction of sp³-hybridized carbons (Fsp3) is 0.357. The number of rotatable bonds is 2. The third-order valence-electron chi connectivity index (χ3n) is 3.49. The molecule has 0 heterocycles. The normalized spacial score (nSPS) is 30.9. The van der Waals surface area contributed by atoms with Crippen molar-refractivity contribution in [3.63, 3.8) is 0 Å². The van der Waals surface area contributed by atoms with Crippen LogP contribution in [0.2, 0.25) is 0 Å². The molecule has 2 aliphatic carbocycles. The fourth-order valence-corrected chi connectivity index (χ4v) is 3.91. The summed E-state index contributed by atoms with van der Waals surface area (Å²) in [6.45, 7) is 0. The summed E-state index contributed by atoms with van der Waals surface area (Å²) in [6, 6.07) is 9.60. The molecule has 3 rings (SSSR count). The van der Waals surface area contributed by atoms with E-state index in [-0.39, 0.29) is 5.12 Å². The Morgan fingerprint density at radius 2 is 1.94 bits per heavy atom. The summed E-state index contributed by atoms with van der Waals surface area (Å²) >= 11 is 1.53. The molecule has 0 radical (unpaired) electrons. The van der Waals surface area contributed by atoms with Crippen LogP contribution in [0.4, 0.5) is 0 Å². The van der Waals surface area contributed by atoms with Crippen LogP contribution >= 0.6 is 11.8 Å². The molecular formula is C14H14OS. The summed E-state index contributed by atoms with van der Waals surface area (Å²) in [5.74, 6) is 1.38. The number of carbonyl (C=O) groups excluding carboxylic acids is 1. The highest BCUT2D eigenvalue weighted by Gasteiger charge is 2.37. The van der Waals surface area contributed by atoms with E-state index < -0.39 is 0 Å². The van der Waals surface area contributed by atoms with E-state index in [4.69, 9.17) is 0 Å². The van der Waals surface area contributed by atoms with Crippen molar-refractivity contribution >= 4 is 16.9 Å². The lowest BCUT2D eigenvalue weighted by Crippen LogP contribution is -2.12. The van der Waals surface area contributed by atoms with Crippen molar-refractivity contribution < 1.29 is 4.79 Å². The number of hydrogen-bond donors (Lipinski definition) is 0. The standard InChI is InChI=1S/C14H14OS/c15-14(11-4-2-1-3-5-11)16-13-9-10-6-7-12(13)8-10/h1-7,10,12-13H,8-9H2/t10-,12+,13-/m0/s1. The van der Waals surface area contributed by atoms with Crippen LogP contribution in [0.5, 0.6) is 0 Å². The van der Waals surface area contributed by atoms with Gasteiger partial charge in [0.2, 0.25) is 5.12 Å². The van der Waals surface area contributed by atoms with Crippen LogP contribution in [0.1, 0.15) is 23.2 Å². The quantitative estimate of drug-likeness (QED) is 0.723. The molecule has 1 fully saturated rings. The Morgan fingerprint density at radius 3 is 2.56 bits per heavy atom. The van der Waals surface area contributed by atoms with Gasteiger partial charge in [-0.3, -0.25) is 4.79 Å². The average molecular weight is 230 g/mol. The molecule has 1 aromatic carbocycles. The van der Waals surface area contributed by atoms with E-state index in [2.05, 4.69) is 12.2 Å². The molecule has 1 saturated carbocycles. The maximum absolute atomic E-state index is 12.0. The predicted octanol–water partition coefficient (Wildman–Crippen LogP) is 3.52. The van der Waals surface area contributed by atoms with Crippen molar-refractivity contribution in [1.29, 1.82) is 0 Å². The molecule has 0 unspecified atom stereocenters. The zero-order valence-corrected chi connectivity index (χ0v) is 9.82. The van der Waals surface area contributed by atoms with Crippen LogP contribution < -0.4 is 0 Å². The molecule has 2 aliphatic rings. The molecule has 2 heteroatoms. The molecule has 3 atom stereocenters. The highest BCUT2D eigenvalue weighted by atomic mass is 32.2. The van der Waals surface area contributed by atoms with Crippen molar-refractivity contribution in [3.8, 4) is 0 Å². The van der Waals surface area contributed by atoms with Gasteiger partial charge in [-0.2, -0.15) is 0 Å². The van der Waals surface area contributed by atoms with E-state index >= 15 is 0 Å². The first-order chi connectivity index (χ1) is 7.83. The summed E-state index contributed by atoms with van der Waals surface area (Å²) in [5, 5.41) is 0.745. The minimum Gasteiger partial charge on any atom is -0.282 e. The molecule has 0 N–H and O–H groups in total. The van der Waals surface area contributed by atoms with Gasteiger partial charge in [-0.1, -0.05) is 54.2 Å². The van der Waals surface area contributed by atoms with E-state index in [0.717, 1.165) is 11.5 Å². The minimum absolute atomic E-state index is 0.228. The zero-order chi connectivity index (χ0) is 11.0. The predicted molar refractivity (Wildman–Crippen MR) is 67.5 cm³/mol. The number of fused-ring (bicyclic) bond motifs is 2. The second-order valence-corrected chi connectivity index (χ2v) is 5.80. The number of thioether (sulfide) groups is 1. The maximum atomic E-state index is 12.0. The topological polar surface area (TPSA) is 17.1 Å². The van der Waals surface area contributed by atoms with Gasteiger partial charge in [-0.05, 0) is 24.7 Å². The largest absolute Gasteiger partial charge is 0.282 e. The summed E-state index contributed by atoms with van der Waals surface area (Å²) in [4.78, 5) is 12.0. The van der Waals surface area contributed by atoms with Crippen LogP contribution in [0.15, 0.2) is 42.5 Å². The Kier molecular flexibility index (Phi) is 2.60. The van der Waals surface area contributed by atoms with Crippen molar-refractivity contribution in [3.05, 3.63) is 48.0 Å². The van der Waals surface area contributed by atoms with Gasteiger partial charge in [0, 0.05) is 10.8 Å². The number of benzene rings is 1. The Labute approximate surface area is 99.9 Å². The van der Waals surface area contributed by atoms with Crippen LogP contribution in [0, 0.1) is 11.8 Å². The van der Waals surface area contributed by atoms with Crippen molar-refractivity contribution in [1.82, 2.24) is 0 Å². The lowest BCUT2D eigenvalue weighted by Gasteiger charge is -2.16. The third-order valence-corrected chi connectivity index (χ3v) is 4.78. The van der Waals surface area contributed by atoms with Crippen LogP contribution in [-0.2, 0) is 0 Å². The monoisotopic (exact) mass is 230 g/mol. The van der Waals surface area contributed by atoms with Gasteiger partial charge < -0.3 is 0 Å². The SMILES string of the molecule is O=C(S[C@H]1C[C@H]2C=C[C@@H]1C2)c1ccccc1. The lowest BCUT2D eigenvalue weighted by atomic mass is 10.1. The molecule has 0 amide bonds. The van der Waals surface area contributed by atoms with E-state index in [1.807, 2.05) is 30.3 Å². The van der Waals surface area contributed by atoms with Crippen molar-refractivity contribution in [2.24, 2.45) is 11.8 Å². The van der Waals surface area contributed by atoms with Gasteiger partial charge in [-0.25, -0.2) is 0 Å². The Hall–Kier alpha value is -1.02. The first-order valence-corrected chi connectivity index (χ1v) is 6.65.